The van der Waals surface area contributed by atoms with Gasteiger partial charge in [0.25, 0.3) is 5.91 Å². The van der Waals surface area contributed by atoms with E-state index in [9.17, 15) is 4.79 Å². The zero-order chi connectivity index (χ0) is 11.4. The molecule has 15 heavy (non-hydrogen) atoms. The number of amides is 1. The van der Waals surface area contributed by atoms with Crippen LogP contribution in [-0.2, 0) is 0 Å². The highest BCUT2D eigenvalue weighted by molar-refractivity contribution is 6.35. The molecule has 1 amide bonds. The Bertz CT molecular complexity index is 345. The monoisotopic (exact) mass is 245 g/mol. The molecule has 82 valence electrons. The lowest BCUT2D eigenvalue weighted by molar-refractivity contribution is 0.0939. The van der Waals surface area contributed by atoms with Gasteiger partial charge in [-0.05, 0) is 31.5 Å². The second-order valence-electron chi connectivity index (χ2n) is 3.44. The average Bonchev–Trinajstić information content (AvgIpc) is 2.16. The van der Waals surface area contributed by atoms with Gasteiger partial charge in [0, 0.05) is 21.7 Å². The molecule has 1 aromatic carbocycles. The Hall–Kier alpha value is -0.730. The average molecular weight is 246 g/mol. The first-order chi connectivity index (χ1) is 7.02. The normalized spacial score (nSPS) is 12.3. The third kappa shape index (κ3) is 3.73. The van der Waals surface area contributed by atoms with Gasteiger partial charge in [0.1, 0.15) is 0 Å². The van der Waals surface area contributed by atoms with E-state index in [2.05, 4.69) is 5.32 Å². The second-order valence-corrected chi connectivity index (χ2v) is 4.31. The maximum Gasteiger partial charge on any atom is 0.251 e. The van der Waals surface area contributed by atoms with E-state index < -0.39 is 0 Å². The summed E-state index contributed by atoms with van der Waals surface area (Å²) in [5.41, 5.74) is 0.493. The van der Waals surface area contributed by atoms with Crippen LogP contribution in [0.1, 0.15) is 30.6 Å². The molecule has 4 heteroatoms. The van der Waals surface area contributed by atoms with Crippen molar-refractivity contribution >= 4 is 29.1 Å². The van der Waals surface area contributed by atoms with Gasteiger partial charge >= 0.3 is 0 Å². The first-order valence-electron chi connectivity index (χ1n) is 4.80. The zero-order valence-electron chi connectivity index (χ0n) is 8.68. The number of carbonyl (C=O) groups is 1. The summed E-state index contributed by atoms with van der Waals surface area (Å²) in [5, 5.41) is 3.78. The van der Waals surface area contributed by atoms with Crippen molar-refractivity contribution in [2.24, 2.45) is 0 Å². The molecule has 0 unspecified atom stereocenters. The highest BCUT2D eigenvalue weighted by atomic mass is 35.5. The molecule has 0 spiro atoms. The predicted molar refractivity (Wildman–Crippen MR) is 63.7 cm³/mol. The minimum Gasteiger partial charge on any atom is -0.350 e. The quantitative estimate of drug-likeness (QED) is 0.868. The van der Waals surface area contributed by atoms with Crippen LogP contribution in [0.4, 0.5) is 0 Å². The van der Waals surface area contributed by atoms with E-state index in [0.717, 1.165) is 6.42 Å². The third-order valence-electron chi connectivity index (χ3n) is 2.11. The maximum atomic E-state index is 11.7. The molecule has 1 rings (SSSR count). The number of hydrogen-bond donors (Lipinski definition) is 1. The molecular weight excluding hydrogens is 233 g/mol. The lowest BCUT2D eigenvalue weighted by atomic mass is 10.2. The molecule has 2 nitrogen and oxygen atoms in total. The lowest BCUT2D eigenvalue weighted by Crippen LogP contribution is -2.31. The molecule has 0 saturated carbocycles. The fourth-order valence-electron chi connectivity index (χ4n) is 1.09. The number of benzene rings is 1. The van der Waals surface area contributed by atoms with E-state index in [1.54, 1.807) is 18.2 Å². The Morgan fingerprint density at radius 1 is 1.33 bits per heavy atom. The SMILES string of the molecule is CC[C@@H](C)NC(=O)c1cc(Cl)cc(Cl)c1. The van der Waals surface area contributed by atoms with Gasteiger partial charge < -0.3 is 5.32 Å². The number of nitrogens with one attached hydrogen (secondary N) is 1. The van der Waals surface area contributed by atoms with Crippen LogP contribution in [0.25, 0.3) is 0 Å². The molecule has 0 aliphatic heterocycles. The van der Waals surface area contributed by atoms with Crippen molar-refractivity contribution in [2.45, 2.75) is 26.3 Å². The zero-order valence-corrected chi connectivity index (χ0v) is 10.2. The molecule has 0 heterocycles. The molecule has 1 N–H and O–H groups in total. The minimum atomic E-state index is -0.145. The van der Waals surface area contributed by atoms with Crippen molar-refractivity contribution in [3.8, 4) is 0 Å². The van der Waals surface area contributed by atoms with Crippen LogP contribution >= 0.6 is 23.2 Å². The first-order valence-corrected chi connectivity index (χ1v) is 5.55. The van der Waals surface area contributed by atoms with Gasteiger partial charge in [0.15, 0.2) is 0 Å². The van der Waals surface area contributed by atoms with Crippen molar-refractivity contribution in [3.05, 3.63) is 33.8 Å². The van der Waals surface area contributed by atoms with E-state index in [1.165, 1.54) is 0 Å². The topological polar surface area (TPSA) is 29.1 Å². The van der Waals surface area contributed by atoms with Crippen LogP contribution in [-0.4, -0.2) is 11.9 Å². The minimum absolute atomic E-state index is 0.145. The van der Waals surface area contributed by atoms with E-state index in [1.807, 2.05) is 13.8 Å². The summed E-state index contributed by atoms with van der Waals surface area (Å²) in [7, 11) is 0. The smallest absolute Gasteiger partial charge is 0.251 e. The Morgan fingerprint density at radius 2 is 1.87 bits per heavy atom. The summed E-state index contributed by atoms with van der Waals surface area (Å²) in [6.45, 7) is 3.96. The van der Waals surface area contributed by atoms with Crippen molar-refractivity contribution in [1.29, 1.82) is 0 Å². The molecule has 0 saturated heterocycles. The number of carbonyl (C=O) groups excluding carboxylic acids is 1. The van der Waals surface area contributed by atoms with Crippen molar-refractivity contribution in [3.63, 3.8) is 0 Å². The van der Waals surface area contributed by atoms with E-state index in [0.29, 0.717) is 15.6 Å². The van der Waals surface area contributed by atoms with Gasteiger partial charge in [0.2, 0.25) is 0 Å². The van der Waals surface area contributed by atoms with Gasteiger partial charge in [-0.25, -0.2) is 0 Å². The molecule has 0 radical (unpaired) electrons. The standard InChI is InChI=1S/C11H13Cl2NO/c1-3-7(2)14-11(15)8-4-9(12)6-10(13)5-8/h4-7H,3H2,1-2H3,(H,14,15)/t7-/m1/s1. The summed E-state index contributed by atoms with van der Waals surface area (Å²) < 4.78 is 0. The van der Waals surface area contributed by atoms with Crippen LogP contribution in [0, 0.1) is 0 Å². The summed E-state index contributed by atoms with van der Waals surface area (Å²) in [6.07, 6.45) is 0.889. The van der Waals surface area contributed by atoms with Crippen LogP contribution in [0.15, 0.2) is 18.2 Å². The summed E-state index contributed by atoms with van der Waals surface area (Å²) in [5.74, 6) is -0.145. The molecule has 0 bridgehead atoms. The predicted octanol–water partition coefficient (Wildman–Crippen LogP) is 3.52. The number of halogens is 2. The highest BCUT2D eigenvalue weighted by Gasteiger charge is 2.09. The molecule has 0 aliphatic rings. The highest BCUT2D eigenvalue weighted by Crippen LogP contribution is 2.19. The lowest BCUT2D eigenvalue weighted by Gasteiger charge is -2.11. The summed E-state index contributed by atoms with van der Waals surface area (Å²) in [4.78, 5) is 11.7. The van der Waals surface area contributed by atoms with Gasteiger partial charge in [-0.3, -0.25) is 4.79 Å². The van der Waals surface area contributed by atoms with Crippen molar-refractivity contribution in [1.82, 2.24) is 5.32 Å². The fourth-order valence-corrected chi connectivity index (χ4v) is 1.62. The van der Waals surface area contributed by atoms with Gasteiger partial charge in [0.05, 0.1) is 0 Å². The van der Waals surface area contributed by atoms with Crippen LogP contribution in [0.3, 0.4) is 0 Å². The first kappa shape index (κ1) is 12.3. The van der Waals surface area contributed by atoms with Gasteiger partial charge in [-0.15, -0.1) is 0 Å². The Balaban J connectivity index is 2.82. The van der Waals surface area contributed by atoms with Crippen LogP contribution in [0.5, 0.6) is 0 Å². The van der Waals surface area contributed by atoms with Gasteiger partial charge in [-0.1, -0.05) is 30.1 Å². The number of hydrogen-bond acceptors (Lipinski definition) is 1. The van der Waals surface area contributed by atoms with Crippen molar-refractivity contribution in [2.75, 3.05) is 0 Å². The van der Waals surface area contributed by atoms with E-state index >= 15 is 0 Å². The summed E-state index contributed by atoms with van der Waals surface area (Å²) >= 11 is 11.6. The molecular formula is C11H13Cl2NO. The maximum absolute atomic E-state index is 11.7. The Kier molecular flexibility index (Phi) is 4.43. The molecule has 0 aromatic heterocycles. The van der Waals surface area contributed by atoms with Crippen molar-refractivity contribution < 1.29 is 4.79 Å². The third-order valence-corrected chi connectivity index (χ3v) is 2.55. The van der Waals surface area contributed by atoms with Crippen LogP contribution in [0.2, 0.25) is 10.0 Å². The molecule has 1 aromatic rings. The Morgan fingerprint density at radius 3 is 2.33 bits per heavy atom. The molecule has 1 atom stereocenters. The Labute approximate surface area is 99.6 Å². The van der Waals surface area contributed by atoms with E-state index in [4.69, 9.17) is 23.2 Å². The molecule has 0 fully saturated rings. The number of rotatable bonds is 3. The van der Waals surface area contributed by atoms with Crippen LogP contribution < -0.4 is 5.32 Å². The largest absolute Gasteiger partial charge is 0.350 e. The van der Waals surface area contributed by atoms with Gasteiger partial charge in [-0.2, -0.15) is 0 Å². The summed E-state index contributed by atoms with van der Waals surface area (Å²) in [6, 6.07) is 4.95. The fraction of sp³-hybridized carbons (Fsp3) is 0.364. The van der Waals surface area contributed by atoms with E-state index in [-0.39, 0.29) is 11.9 Å². The second kappa shape index (κ2) is 5.38. The molecule has 0 aliphatic carbocycles.